The van der Waals surface area contributed by atoms with Crippen LogP contribution in [-0.2, 0) is 16.1 Å². The fourth-order valence-corrected chi connectivity index (χ4v) is 4.19. The quantitative estimate of drug-likeness (QED) is 0.453. The molecule has 0 spiro atoms. The molecule has 0 bridgehead atoms. The Kier molecular flexibility index (Phi) is 8.82. The summed E-state index contributed by atoms with van der Waals surface area (Å²) in [7, 11) is 0. The maximum atomic E-state index is 13.8. The molecule has 0 aliphatic rings. The molecule has 0 fully saturated rings. The van der Waals surface area contributed by atoms with Gasteiger partial charge in [0.2, 0.25) is 11.8 Å². The molecule has 0 saturated carbocycles. The number of nitrogens with one attached hydrogen (secondary N) is 1. The zero-order valence-electron chi connectivity index (χ0n) is 19.8. The largest absolute Gasteiger partial charge is 0.355 e. The Hall–Kier alpha value is -3.40. The van der Waals surface area contributed by atoms with E-state index in [4.69, 9.17) is 0 Å². The smallest absolute Gasteiger partial charge is 0.242 e. The van der Waals surface area contributed by atoms with Crippen molar-refractivity contribution in [1.29, 1.82) is 0 Å². The van der Waals surface area contributed by atoms with Crippen molar-refractivity contribution in [3.8, 4) is 0 Å². The third-order valence-electron chi connectivity index (χ3n) is 5.99. The second-order valence-corrected chi connectivity index (χ2v) is 8.40. The van der Waals surface area contributed by atoms with E-state index >= 15 is 0 Å². The molecule has 3 rings (SSSR count). The van der Waals surface area contributed by atoms with Crippen molar-refractivity contribution >= 4 is 11.8 Å². The van der Waals surface area contributed by atoms with E-state index in [0.717, 1.165) is 16.7 Å². The highest BCUT2D eigenvalue weighted by Gasteiger charge is 2.30. The summed E-state index contributed by atoms with van der Waals surface area (Å²) in [5, 5.41) is 2.91. The second kappa shape index (κ2) is 12.0. The minimum absolute atomic E-state index is 0.0219. The maximum Gasteiger partial charge on any atom is 0.242 e. The fraction of sp³-hybridized carbons (Fsp3) is 0.310. The van der Waals surface area contributed by atoms with E-state index < -0.39 is 6.04 Å². The van der Waals surface area contributed by atoms with Gasteiger partial charge in [-0.25, -0.2) is 0 Å². The Bertz CT molecular complexity index is 977. The first-order chi connectivity index (χ1) is 16.0. The zero-order valence-corrected chi connectivity index (χ0v) is 19.8. The fourth-order valence-electron chi connectivity index (χ4n) is 4.19. The lowest BCUT2D eigenvalue weighted by Gasteiger charge is -2.32. The number of benzene rings is 3. The number of likely N-dealkylation sites (N-methyl/N-ethyl adjacent to an activating group) is 1. The highest BCUT2D eigenvalue weighted by Crippen LogP contribution is 2.29. The van der Waals surface area contributed by atoms with Crippen molar-refractivity contribution in [3.05, 3.63) is 107 Å². The van der Waals surface area contributed by atoms with Gasteiger partial charge in [-0.15, -0.1) is 0 Å². The minimum Gasteiger partial charge on any atom is -0.355 e. The summed E-state index contributed by atoms with van der Waals surface area (Å²) in [6.45, 7) is 6.85. The van der Waals surface area contributed by atoms with Gasteiger partial charge in [0.1, 0.15) is 6.04 Å². The average Bonchev–Trinajstić information content (AvgIpc) is 2.84. The van der Waals surface area contributed by atoms with Gasteiger partial charge in [0, 0.05) is 25.4 Å². The Balaban J connectivity index is 1.94. The number of nitrogens with zero attached hydrogens (tertiary/aromatic N) is 1. The van der Waals surface area contributed by atoms with E-state index in [2.05, 4.69) is 29.6 Å². The highest BCUT2D eigenvalue weighted by molar-refractivity contribution is 5.88. The lowest BCUT2D eigenvalue weighted by Crippen LogP contribution is -2.49. The predicted molar refractivity (Wildman–Crippen MR) is 134 cm³/mol. The highest BCUT2D eigenvalue weighted by atomic mass is 16.2. The Morgan fingerprint density at radius 3 is 1.85 bits per heavy atom. The molecule has 0 aliphatic carbocycles. The molecular formula is C29H34N2O2. The lowest BCUT2D eigenvalue weighted by atomic mass is 9.88. The molecule has 0 aliphatic heterocycles. The molecule has 33 heavy (non-hydrogen) atoms. The van der Waals surface area contributed by atoms with E-state index in [-0.39, 0.29) is 17.7 Å². The lowest BCUT2D eigenvalue weighted by molar-refractivity contribution is -0.141. The van der Waals surface area contributed by atoms with Gasteiger partial charge in [-0.2, -0.15) is 0 Å². The molecule has 1 atom stereocenters. The van der Waals surface area contributed by atoms with Crippen LogP contribution in [0.2, 0.25) is 0 Å². The summed E-state index contributed by atoms with van der Waals surface area (Å²) in [6.07, 6.45) is 0.862. The number of hydrogen-bond donors (Lipinski definition) is 1. The van der Waals surface area contributed by atoms with E-state index in [0.29, 0.717) is 25.9 Å². The van der Waals surface area contributed by atoms with Crippen molar-refractivity contribution in [1.82, 2.24) is 10.2 Å². The minimum atomic E-state index is -0.508. The third kappa shape index (κ3) is 6.55. The number of amides is 2. The molecule has 4 nitrogen and oxygen atoms in total. The molecule has 0 aromatic heterocycles. The molecule has 1 N–H and O–H groups in total. The summed E-state index contributed by atoms with van der Waals surface area (Å²) >= 11 is 0. The molecule has 2 amide bonds. The van der Waals surface area contributed by atoms with Crippen molar-refractivity contribution in [2.24, 2.45) is 0 Å². The number of aryl methyl sites for hydroxylation is 1. The predicted octanol–water partition coefficient (Wildman–Crippen LogP) is 5.46. The zero-order chi connectivity index (χ0) is 23.6. The van der Waals surface area contributed by atoms with Crippen LogP contribution in [0.5, 0.6) is 0 Å². The topological polar surface area (TPSA) is 49.4 Å². The van der Waals surface area contributed by atoms with Gasteiger partial charge < -0.3 is 10.2 Å². The first-order valence-electron chi connectivity index (χ1n) is 11.8. The summed E-state index contributed by atoms with van der Waals surface area (Å²) in [4.78, 5) is 28.5. The van der Waals surface area contributed by atoms with Crippen LogP contribution in [0.3, 0.4) is 0 Å². The molecule has 0 radical (unpaired) electrons. The van der Waals surface area contributed by atoms with Crippen molar-refractivity contribution < 1.29 is 9.59 Å². The molecular weight excluding hydrogens is 408 g/mol. The Labute approximate surface area is 197 Å². The first kappa shape index (κ1) is 24.2. The molecule has 3 aromatic carbocycles. The molecule has 0 heterocycles. The van der Waals surface area contributed by atoms with Gasteiger partial charge in [0.15, 0.2) is 0 Å². The molecule has 4 heteroatoms. The number of carbonyl (C=O) groups is 2. The Morgan fingerprint density at radius 1 is 0.818 bits per heavy atom. The monoisotopic (exact) mass is 442 g/mol. The van der Waals surface area contributed by atoms with Gasteiger partial charge in [-0.3, -0.25) is 9.59 Å². The van der Waals surface area contributed by atoms with Crippen LogP contribution in [0.4, 0.5) is 0 Å². The number of rotatable bonds is 10. The van der Waals surface area contributed by atoms with Crippen LogP contribution >= 0.6 is 0 Å². The summed E-state index contributed by atoms with van der Waals surface area (Å²) < 4.78 is 0. The summed E-state index contributed by atoms with van der Waals surface area (Å²) in [5.41, 5.74) is 4.38. The van der Waals surface area contributed by atoms with Crippen molar-refractivity contribution in [2.75, 3.05) is 6.54 Å². The standard InChI is InChI=1S/C29H34N2O2/c1-4-27(29(33)30-5-2)31(21-23-18-16-22(3)17-19-23)28(32)20-26(24-12-8-6-9-13-24)25-14-10-7-11-15-25/h6-19,26-27H,4-5,20-21H2,1-3H3,(H,30,33)/t27-/m0/s1. The summed E-state index contributed by atoms with van der Waals surface area (Å²) in [6, 6.07) is 27.9. The number of carbonyl (C=O) groups excluding carboxylic acids is 2. The van der Waals surface area contributed by atoms with Crippen LogP contribution in [0.1, 0.15) is 54.9 Å². The van der Waals surface area contributed by atoms with Crippen LogP contribution < -0.4 is 5.32 Å². The van der Waals surface area contributed by atoms with Gasteiger partial charge in [0.05, 0.1) is 0 Å². The first-order valence-corrected chi connectivity index (χ1v) is 11.8. The van der Waals surface area contributed by atoms with Gasteiger partial charge in [-0.05, 0) is 37.0 Å². The van der Waals surface area contributed by atoms with Crippen LogP contribution in [0.15, 0.2) is 84.9 Å². The van der Waals surface area contributed by atoms with Crippen molar-refractivity contribution in [3.63, 3.8) is 0 Å². The summed E-state index contributed by atoms with van der Waals surface area (Å²) in [5.74, 6) is -0.199. The average molecular weight is 443 g/mol. The van der Waals surface area contributed by atoms with Gasteiger partial charge in [-0.1, -0.05) is 97.4 Å². The van der Waals surface area contributed by atoms with Gasteiger partial charge >= 0.3 is 0 Å². The second-order valence-electron chi connectivity index (χ2n) is 8.40. The normalized spacial score (nSPS) is 11.8. The Morgan fingerprint density at radius 2 is 1.36 bits per heavy atom. The van der Waals surface area contributed by atoms with Crippen molar-refractivity contribution in [2.45, 2.75) is 52.1 Å². The molecule has 3 aromatic rings. The number of hydrogen-bond acceptors (Lipinski definition) is 2. The van der Waals surface area contributed by atoms with Crippen LogP contribution in [-0.4, -0.2) is 29.3 Å². The van der Waals surface area contributed by atoms with E-state index in [1.807, 2.05) is 81.4 Å². The van der Waals surface area contributed by atoms with E-state index in [1.54, 1.807) is 4.90 Å². The van der Waals surface area contributed by atoms with Crippen LogP contribution in [0, 0.1) is 6.92 Å². The molecule has 0 unspecified atom stereocenters. The van der Waals surface area contributed by atoms with Crippen LogP contribution in [0.25, 0.3) is 0 Å². The van der Waals surface area contributed by atoms with E-state index in [9.17, 15) is 9.59 Å². The molecule has 172 valence electrons. The third-order valence-corrected chi connectivity index (χ3v) is 5.99. The molecule has 0 saturated heterocycles. The van der Waals surface area contributed by atoms with Gasteiger partial charge in [0.25, 0.3) is 0 Å². The maximum absolute atomic E-state index is 13.8. The SMILES string of the molecule is CCNC(=O)[C@H](CC)N(Cc1ccc(C)cc1)C(=O)CC(c1ccccc1)c1ccccc1. The van der Waals surface area contributed by atoms with E-state index in [1.165, 1.54) is 5.56 Å².